The normalized spacial score (nSPS) is 11.4. The van der Waals surface area contributed by atoms with Crippen LogP contribution in [-0.2, 0) is 4.74 Å². The Hall–Kier alpha value is -1.02. The molecule has 0 aromatic heterocycles. The van der Waals surface area contributed by atoms with Gasteiger partial charge in [-0.15, -0.1) is 0 Å². The van der Waals surface area contributed by atoms with Crippen molar-refractivity contribution in [2.45, 2.75) is 20.8 Å². The highest BCUT2D eigenvalue weighted by atomic mass is 16.5. The van der Waals surface area contributed by atoms with Gasteiger partial charge in [0.15, 0.2) is 0 Å². The molecule has 0 saturated heterocycles. The van der Waals surface area contributed by atoms with E-state index >= 15 is 0 Å². The zero-order chi connectivity index (χ0) is 10.4. The molecule has 0 bridgehead atoms. The molecule has 2 heteroatoms. The molecule has 1 rings (SSSR count). The summed E-state index contributed by atoms with van der Waals surface area (Å²) in [6, 6.07) is 10.1. The number of hydrogen-bond donors (Lipinski definition) is 1. The standard InChI is InChI=1S/C12H19NO/c1-12(2,3)9-14-10-13-11-7-5-4-6-8-11/h4-8,13H,9-10H2,1-3H3. The third-order valence-electron chi connectivity index (χ3n) is 1.69. The molecule has 0 heterocycles. The third kappa shape index (κ3) is 4.87. The predicted molar refractivity (Wildman–Crippen MR) is 60.3 cm³/mol. The summed E-state index contributed by atoms with van der Waals surface area (Å²) < 4.78 is 5.49. The zero-order valence-electron chi connectivity index (χ0n) is 9.21. The van der Waals surface area contributed by atoms with Crippen LogP contribution in [0.25, 0.3) is 0 Å². The molecular formula is C12H19NO. The van der Waals surface area contributed by atoms with Gasteiger partial charge < -0.3 is 10.1 Å². The molecule has 2 nitrogen and oxygen atoms in total. The smallest absolute Gasteiger partial charge is 0.116 e. The Kier molecular flexibility index (Phi) is 3.96. The Bertz CT molecular complexity index is 251. The summed E-state index contributed by atoms with van der Waals surface area (Å²) in [5, 5.41) is 3.20. The van der Waals surface area contributed by atoms with Crippen molar-refractivity contribution in [2.75, 3.05) is 18.7 Å². The van der Waals surface area contributed by atoms with Gasteiger partial charge in [0.2, 0.25) is 0 Å². The van der Waals surface area contributed by atoms with Crippen LogP contribution in [0.15, 0.2) is 30.3 Å². The molecule has 0 amide bonds. The molecule has 0 aliphatic rings. The fourth-order valence-corrected chi connectivity index (χ4v) is 1.05. The van der Waals surface area contributed by atoms with Gasteiger partial charge in [-0.1, -0.05) is 39.0 Å². The van der Waals surface area contributed by atoms with Crippen molar-refractivity contribution in [2.24, 2.45) is 5.41 Å². The maximum absolute atomic E-state index is 5.49. The first-order valence-corrected chi connectivity index (χ1v) is 4.95. The van der Waals surface area contributed by atoms with Gasteiger partial charge in [0, 0.05) is 5.69 Å². The fraction of sp³-hybridized carbons (Fsp3) is 0.500. The van der Waals surface area contributed by atoms with Crippen molar-refractivity contribution >= 4 is 5.69 Å². The first-order valence-electron chi connectivity index (χ1n) is 4.95. The summed E-state index contributed by atoms with van der Waals surface area (Å²) in [6.07, 6.45) is 0. The van der Waals surface area contributed by atoms with Crippen molar-refractivity contribution in [3.05, 3.63) is 30.3 Å². The Morgan fingerprint density at radius 2 is 1.79 bits per heavy atom. The number of nitrogens with one attached hydrogen (secondary N) is 1. The van der Waals surface area contributed by atoms with Gasteiger partial charge in [0.05, 0.1) is 6.61 Å². The lowest BCUT2D eigenvalue weighted by molar-refractivity contribution is 0.0839. The predicted octanol–water partition coefficient (Wildman–Crippen LogP) is 3.12. The van der Waals surface area contributed by atoms with E-state index in [0.29, 0.717) is 6.73 Å². The van der Waals surface area contributed by atoms with Gasteiger partial charge in [0.1, 0.15) is 6.73 Å². The second-order valence-corrected chi connectivity index (χ2v) is 4.60. The van der Waals surface area contributed by atoms with Gasteiger partial charge >= 0.3 is 0 Å². The first-order chi connectivity index (χ1) is 6.58. The Balaban J connectivity index is 2.17. The Morgan fingerprint density at radius 3 is 2.36 bits per heavy atom. The quantitative estimate of drug-likeness (QED) is 0.586. The molecule has 0 radical (unpaired) electrons. The number of ether oxygens (including phenoxy) is 1. The number of rotatable bonds is 4. The lowest BCUT2D eigenvalue weighted by atomic mass is 9.99. The van der Waals surface area contributed by atoms with Crippen LogP contribution >= 0.6 is 0 Å². The maximum Gasteiger partial charge on any atom is 0.116 e. The van der Waals surface area contributed by atoms with Crippen LogP contribution in [0.5, 0.6) is 0 Å². The molecule has 0 saturated carbocycles. The summed E-state index contributed by atoms with van der Waals surface area (Å²) >= 11 is 0. The summed E-state index contributed by atoms with van der Waals surface area (Å²) in [6.45, 7) is 7.83. The molecule has 0 aliphatic heterocycles. The van der Waals surface area contributed by atoms with E-state index in [1.807, 2.05) is 30.3 Å². The minimum Gasteiger partial charge on any atom is -0.363 e. The first kappa shape index (κ1) is 11.1. The van der Waals surface area contributed by atoms with Crippen LogP contribution < -0.4 is 5.32 Å². The van der Waals surface area contributed by atoms with E-state index in [1.165, 1.54) is 0 Å². The molecule has 0 unspecified atom stereocenters. The van der Waals surface area contributed by atoms with E-state index < -0.39 is 0 Å². The molecule has 1 aromatic carbocycles. The van der Waals surface area contributed by atoms with E-state index in [-0.39, 0.29) is 5.41 Å². The molecule has 0 atom stereocenters. The van der Waals surface area contributed by atoms with E-state index in [4.69, 9.17) is 4.74 Å². The molecule has 0 spiro atoms. The second kappa shape index (κ2) is 5.01. The number of anilines is 1. The zero-order valence-corrected chi connectivity index (χ0v) is 9.21. The van der Waals surface area contributed by atoms with Gasteiger partial charge in [-0.25, -0.2) is 0 Å². The van der Waals surface area contributed by atoms with E-state index in [9.17, 15) is 0 Å². The Labute approximate surface area is 86.3 Å². The molecule has 1 N–H and O–H groups in total. The lowest BCUT2D eigenvalue weighted by Crippen LogP contribution is -2.17. The van der Waals surface area contributed by atoms with Crippen molar-refractivity contribution in [3.63, 3.8) is 0 Å². The van der Waals surface area contributed by atoms with Crippen molar-refractivity contribution in [3.8, 4) is 0 Å². The average Bonchev–Trinajstić information content (AvgIpc) is 2.13. The second-order valence-electron chi connectivity index (χ2n) is 4.60. The summed E-state index contributed by atoms with van der Waals surface area (Å²) in [5.41, 5.74) is 1.33. The van der Waals surface area contributed by atoms with Crippen LogP contribution in [0.4, 0.5) is 5.69 Å². The maximum atomic E-state index is 5.49. The average molecular weight is 193 g/mol. The number of benzene rings is 1. The number of para-hydroxylation sites is 1. The van der Waals surface area contributed by atoms with Gasteiger partial charge in [0.25, 0.3) is 0 Å². The lowest BCUT2D eigenvalue weighted by Gasteiger charge is -2.18. The van der Waals surface area contributed by atoms with Crippen LogP contribution in [-0.4, -0.2) is 13.3 Å². The van der Waals surface area contributed by atoms with Crippen LogP contribution in [0.2, 0.25) is 0 Å². The van der Waals surface area contributed by atoms with E-state index in [2.05, 4.69) is 26.1 Å². The molecule has 14 heavy (non-hydrogen) atoms. The van der Waals surface area contributed by atoms with E-state index in [1.54, 1.807) is 0 Å². The molecule has 78 valence electrons. The van der Waals surface area contributed by atoms with Crippen LogP contribution in [0.1, 0.15) is 20.8 Å². The summed E-state index contributed by atoms with van der Waals surface area (Å²) in [7, 11) is 0. The third-order valence-corrected chi connectivity index (χ3v) is 1.69. The van der Waals surface area contributed by atoms with Gasteiger partial charge in [-0.05, 0) is 17.5 Å². The van der Waals surface area contributed by atoms with E-state index in [0.717, 1.165) is 12.3 Å². The minimum absolute atomic E-state index is 0.234. The minimum atomic E-state index is 0.234. The van der Waals surface area contributed by atoms with Crippen molar-refractivity contribution in [1.29, 1.82) is 0 Å². The molecule has 1 aromatic rings. The topological polar surface area (TPSA) is 21.3 Å². The highest BCUT2D eigenvalue weighted by molar-refractivity contribution is 5.41. The van der Waals surface area contributed by atoms with Crippen molar-refractivity contribution in [1.82, 2.24) is 0 Å². The molecular weight excluding hydrogens is 174 g/mol. The summed E-state index contributed by atoms with van der Waals surface area (Å²) in [4.78, 5) is 0. The van der Waals surface area contributed by atoms with Crippen molar-refractivity contribution < 1.29 is 4.74 Å². The summed E-state index contributed by atoms with van der Waals surface area (Å²) in [5.74, 6) is 0. The van der Waals surface area contributed by atoms with Gasteiger partial charge in [-0.2, -0.15) is 0 Å². The highest BCUT2D eigenvalue weighted by Crippen LogP contribution is 2.12. The largest absolute Gasteiger partial charge is 0.363 e. The number of hydrogen-bond acceptors (Lipinski definition) is 2. The molecule has 0 aliphatic carbocycles. The Morgan fingerprint density at radius 1 is 1.14 bits per heavy atom. The fourth-order valence-electron chi connectivity index (χ4n) is 1.05. The monoisotopic (exact) mass is 193 g/mol. The van der Waals surface area contributed by atoms with Crippen LogP contribution in [0, 0.1) is 5.41 Å². The SMILES string of the molecule is CC(C)(C)COCNc1ccccc1. The highest BCUT2D eigenvalue weighted by Gasteiger charge is 2.09. The molecule has 0 fully saturated rings. The van der Waals surface area contributed by atoms with Crippen LogP contribution in [0.3, 0.4) is 0 Å². The van der Waals surface area contributed by atoms with Gasteiger partial charge in [-0.3, -0.25) is 0 Å².